The van der Waals surface area contributed by atoms with Gasteiger partial charge in [0.15, 0.2) is 0 Å². The fourth-order valence-corrected chi connectivity index (χ4v) is 1.35. The van der Waals surface area contributed by atoms with E-state index in [4.69, 9.17) is 21.1 Å². The van der Waals surface area contributed by atoms with Gasteiger partial charge in [-0.2, -0.15) is 0 Å². The van der Waals surface area contributed by atoms with E-state index < -0.39 is 18.1 Å². The zero-order chi connectivity index (χ0) is 13.8. The van der Waals surface area contributed by atoms with Crippen LogP contribution < -0.4 is 5.32 Å². The highest BCUT2D eigenvalue weighted by Crippen LogP contribution is 2.01. The molecule has 0 aliphatic carbocycles. The lowest BCUT2D eigenvalue weighted by Gasteiger charge is -2.16. The Labute approximate surface area is 113 Å². The molecule has 1 N–H and O–H groups in total. The van der Waals surface area contributed by atoms with Crippen molar-refractivity contribution >= 4 is 23.7 Å². The molecule has 0 aromatic carbocycles. The largest absolute Gasteiger partial charge is 0.464 e. The summed E-state index contributed by atoms with van der Waals surface area (Å²) in [5.74, 6) is -0.180. The second kappa shape index (κ2) is 11.1. The SMILES string of the molecule is CCCCOC(=O)C(CCC)NC(=O)OCCCl. The second-order valence-corrected chi connectivity index (χ2v) is 4.21. The summed E-state index contributed by atoms with van der Waals surface area (Å²) in [6.07, 6.45) is 2.43. The van der Waals surface area contributed by atoms with Gasteiger partial charge in [-0.1, -0.05) is 26.7 Å². The molecule has 0 aliphatic rings. The molecule has 0 bridgehead atoms. The first-order valence-electron chi connectivity index (χ1n) is 6.31. The number of carbonyl (C=O) groups excluding carboxylic acids is 2. The summed E-state index contributed by atoms with van der Waals surface area (Å²) in [4.78, 5) is 23.0. The molecule has 6 heteroatoms. The van der Waals surface area contributed by atoms with Crippen LogP contribution in [-0.2, 0) is 14.3 Å². The van der Waals surface area contributed by atoms with E-state index in [-0.39, 0.29) is 12.5 Å². The summed E-state index contributed by atoms with van der Waals surface area (Å²) in [5.41, 5.74) is 0. The predicted molar refractivity (Wildman–Crippen MR) is 69.8 cm³/mol. The van der Waals surface area contributed by atoms with Crippen LogP contribution in [0.4, 0.5) is 4.79 Å². The van der Waals surface area contributed by atoms with Crippen molar-refractivity contribution in [2.45, 2.75) is 45.6 Å². The lowest BCUT2D eigenvalue weighted by molar-refractivity contribution is -0.146. The van der Waals surface area contributed by atoms with E-state index in [1.54, 1.807) is 0 Å². The van der Waals surface area contributed by atoms with Gasteiger partial charge in [0.05, 0.1) is 12.5 Å². The lowest BCUT2D eigenvalue weighted by Crippen LogP contribution is -2.42. The summed E-state index contributed by atoms with van der Waals surface area (Å²) < 4.78 is 9.82. The van der Waals surface area contributed by atoms with Gasteiger partial charge in [-0.3, -0.25) is 0 Å². The summed E-state index contributed by atoms with van der Waals surface area (Å²) in [6.45, 7) is 4.45. The summed E-state index contributed by atoms with van der Waals surface area (Å²) >= 11 is 5.39. The maximum Gasteiger partial charge on any atom is 0.407 e. The maximum absolute atomic E-state index is 11.7. The molecule has 1 atom stereocenters. The van der Waals surface area contributed by atoms with Crippen molar-refractivity contribution < 1.29 is 19.1 Å². The van der Waals surface area contributed by atoms with E-state index in [2.05, 4.69) is 5.32 Å². The number of rotatable bonds is 9. The van der Waals surface area contributed by atoms with Crippen LogP contribution in [0.5, 0.6) is 0 Å². The smallest absolute Gasteiger partial charge is 0.407 e. The summed E-state index contributed by atoms with van der Waals surface area (Å²) in [6, 6.07) is -0.644. The first-order valence-corrected chi connectivity index (χ1v) is 6.85. The molecule has 1 amide bonds. The Hall–Kier alpha value is -0.970. The van der Waals surface area contributed by atoms with E-state index in [9.17, 15) is 9.59 Å². The van der Waals surface area contributed by atoms with Crippen molar-refractivity contribution in [3.8, 4) is 0 Å². The number of esters is 1. The Morgan fingerprint density at radius 3 is 2.44 bits per heavy atom. The molecule has 0 saturated carbocycles. The third kappa shape index (κ3) is 8.17. The highest BCUT2D eigenvalue weighted by Gasteiger charge is 2.21. The molecule has 0 saturated heterocycles. The van der Waals surface area contributed by atoms with Gasteiger partial charge < -0.3 is 14.8 Å². The number of alkyl halides is 1. The number of nitrogens with one attached hydrogen (secondary N) is 1. The molecular formula is C12H22ClNO4. The van der Waals surface area contributed by atoms with Crippen molar-refractivity contribution in [2.75, 3.05) is 19.1 Å². The Bertz CT molecular complexity index is 248. The van der Waals surface area contributed by atoms with Gasteiger partial charge >= 0.3 is 12.1 Å². The Balaban J connectivity index is 4.10. The van der Waals surface area contributed by atoms with Crippen LogP contribution in [0.1, 0.15) is 39.5 Å². The van der Waals surface area contributed by atoms with Gasteiger partial charge in [-0.05, 0) is 12.8 Å². The molecule has 0 radical (unpaired) electrons. The van der Waals surface area contributed by atoms with E-state index in [0.29, 0.717) is 13.0 Å². The van der Waals surface area contributed by atoms with Crippen molar-refractivity contribution in [2.24, 2.45) is 0 Å². The average molecular weight is 280 g/mol. The molecule has 0 aliphatic heterocycles. The number of amides is 1. The normalized spacial score (nSPS) is 11.7. The van der Waals surface area contributed by atoms with E-state index in [0.717, 1.165) is 19.3 Å². The van der Waals surface area contributed by atoms with Crippen LogP contribution in [0.15, 0.2) is 0 Å². The minimum absolute atomic E-state index is 0.122. The zero-order valence-corrected chi connectivity index (χ0v) is 11.8. The van der Waals surface area contributed by atoms with Crippen LogP contribution in [0.3, 0.4) is 0 Å². The van der Waals surface area contributed by atoms with Crippen LogP contribution >= 0.6 is 11.6 Å². The number of halogens is 1. The van der Waals surface area contributed by atoms with Crippen molar-refractivity contribution in [3.05, 3.63) is 0 Å². The fraction of sp³-hybridized carbons (Fsp3) is 0.833. The number of alkyl carbamates (subject to hydrolysis) is 1. The first-order chi connectivity index (χ1) is 8.65. The third-order valence-electron chi connectivity index (χ3n) is 2.21. The van der Waals surface area contributed by atoms with Gasteiger partial charge in [0.2, 0.25) is 0 Å². The number of hydrogen-bond acceptors (Lipinski definition) is 4. The highest BCUT2D eigenvalue weighted by molar-refractivity contribution is 6.18. The molecule has 18 heavy (non-hydrogen) atoms. The lowest BCUT2D eigenvalue weighted by atomic mass is 10.2. The fourth-order valence-electron chi connectivity index (χ4n) is 1.27. The van der Waals surface area contributed by atoms with Gasteiger partial charge in [-0.25, -0.2) is 9.59 Å². The maximum atomic E-state index is 11.7. The van der Waals surface area contributed by atoms with Crippen molar-refractivity contribution in [1.29, 1.82) is 0 Å². The number of ether oxygens (including phenoxy) is 2. The molecular weight excluding hydrogens is 258 g/mol. The van der Waals surface area contributed by atoms with Crippen LogP contribution in [0, 0.1) is 0 Å². The standard InChI is InChI=1S/C12H22ClNO4/c1-3-5-8-17-11(15)10(6-4-2)14-12(16)18-9-7-13/h10H,3-9H2,1-2H3,(H,14,16). The van der Waals surface area contributed by atoms with E-state index in [1.165, 1.54) is 0 Å². The molecule has 1 unspecified atom stereocenters. The summed E-state index contributed by atoms with van der Waals surface area (Å²) in [7, 11) is 0. The molecule has 106 valence electrons. The molecule has 0 fully saturated rings. The average Bonchev–Trinajstić information content (AvgIpc) is 2.36. The van der Waals surface area contributed by atoms with Gasteiger partial charge in [0.1, 0.15) is 12.6 Å². The van der Waals surface area contributed by atoms with Crippen LogP contribution in [0.2, 0.25) is 0 Å². The Morgan fingerprint density at radius 2 is 1.89 bits per heavy atom. The van der Waals surface area contributed by atoms with Gasteiger partial charge in [-0.15, -0.1) is 11.6 Å². The minimum Gasteiger partial charge on any atom is -0.464 e. The third-order valence-corrected chi connectivity index (χ3v) is 2.36. The Kier molecular flexibility index (Phi) is 10.5. The molecule has 0 aromatic rings. The number of hydrogen-bond donors (Lipinski definition) is 1. The van der Waals surface area contributed by atoms with E-state index in [1.807, 2.05) is 13.8 Å². The molecule has 0 spiro atoms. The van der Waals surface area contributed by atoms with Crippen LogP contribution in [-0.4, -0.2) is 37.2 Å². The topological polar surface area (TPSA) is 64.6 Å². The minimum atomic E-state index is -0.644. The van der Waals surface area contributed by atoms with Crippen molar-refractivity contribution in [3.63, 3.8) is 0 Å². The monoisotopic (exact) mass is 279 g/mol. The van der Waals surface area contributed by atoms with Gasteiger partial charge in [0, 0.05) is 0 Å². The van der Waals surface area contributed by atoms with Crippen LogP contribution in [0.25, 0.3) is 0 Å². The molecule has 0 aromatic heterocycles. The predicted octanol–water partition coefficient (Wildman–Crippen LogP) is 2.46. The van der Waals surface area contributed by atoms with E-state index >= 15 is 0 Å². The molecule has 5 nitrogen and oxygen atoms in total. The zero-order valence-electron chi connectivity index (χ0n) is 11.0. The van der Waals surface area contributed by atoms with Crippen molar-refractivity contribution in [1.82, 2.24) is 5.32 Å². The number of unbranched alkanes of at least 4 members (excludes halogenated alkanes) is 1. The molecule has 0 rings (SSSR count). The summed E-state index contributed by atoms with van der Waals surface area (Å²) in [5, 5.41) is 2.49. The quantitative estimate of drug-likeness (QED) is 0.400. The Morgan fingerprint density at radius 1 is 1.17 bits per heavy atom. The second-order valence-electron chi connectivity index (χ2n) is 3.83. The van der Waals surface area contributed by atoms with Gasteiger partial charge in [0.25, 0.3) is 0 Å². The number of carbonyl (C=O) groups is 2. The first kappa shape index (κ1) is 17.0. The molecule has 0 heterocycles. The highest BCUT2D eigenvalue weighted by atomic mass is 35.5.